The molecule has 0 aliphatic rings. The topological polar surface area (TPSA) is 34.0 Å². The average Bonchev–Trinajstić information content (AvgIpc) is 3.10. The first kappa shape index (κ1) is 13.3. The molecule has 2 heterocycles. The highest BCUT2D eigenvalue weighted by molar-refractivity contribution is 7.22. The van der Waals surface area contributed by atoms with E-state index in [1.807, 2.05) is 18.2 Å². The Morgan fingerprint density at radius 1 is 1.00 bits per heavy atom. The molecular formula is C17H16N4S. The summed E-state index contributed by atoms with van der Waals surface area (Å²) < 4.78 is 3.37. The smallest absolute Gasteiger partial charge is 0.186 e. The highest BCUT2D eigenvalue weighted by Gasteiger charge is 2.13. The van der Waals surface area contributed by atoms with Crippen LogP contribution in [-0.2, 0) is 13.6 Å². The Hall–Kier alpha value is -2.40. The summed E-state index contributed by atoms with van der Waals surface area (Å²) in [4.78, 5) is 11.6. The van der Waals surface area contributed by atoms with Crippen LogP contribution in [0.5, 0.6) is 0 Å². The van der Waals surface area contributed by atoms with Crippen LogP contribution in [-0.4, -0.2) is 21.6 Å². The normalized spacial score (nSPS) is 11.4. The Morgan fingerprint density at radius 2 is 1.73 bits per heavy atom. The van der Waals surface area contributed by atoms with Crippen LogP contribution >= 0.6 is 11.3 Å². The molecule has 110 valence electrons. The Morgan fingerprint density at radius 3 is 2.50 bits per heavy atom. The molecule has 2 aromatic heterocycles. The summed E-state index contributed by atoms with van der Waals surface area (Å²) in [6.45, 7) is 0.741. The number of aromatic nitrogens is 3. The van der Waals surface area contributed by atoms with E-state index in [0.717, 1.165) is 34.1 Å². The molecule has 0 N–H and O–H groups in total. The Labute approximate surface area is 132 Å². The van der Waals surface area contributed by atoms with Gasteiger partial charge in [0, 0.05) is 14.1 Å². The molecule has 0 amide bonds. The summed E-state index contributed by atoms with van der Waals surface area (Å²) in [6.07, 6.45) is 0. The van der Waals surface area contributed by atoms with E-state index in [-0.39, 0.29) is 0 Å². The lowest BCUT2D eigenvalue weighted by molar-refractivity contribution is 0.774. The number of hydrogen-bond donors (Lipinski definition) is 0. The molecule has 0 unspecified atom stereocenters. The van der Waals surface area contributed by atoms with Crippen molar-refractivity contribution >= 4 is 37.7 Å². The fourth-order valence-electron chi connectivity index (χ4n) is 2.64. The summed E-state index contributed by atoms with van der Waals surface area (Å²) in [7, 11) is 4.13. The van der Waals surface area contributed by atoms with Gasteiger partial charge in [-0.2, -0.15) is 0 Å². The number of benzene rings is 2. The molecule has 4 aromatic rings. The van der Waals surface area contributed by atoms with E-state index >= 15 is 0 Å². The van der Waals surface area contributed by atoms with Crippen LogP contribution in [0.1, 0.15) is 5.82 Å². The highest BCUT2D eigenvalue weighted by Crippen LogP contribution is 2.28. The first-order valence-corrected chi connectivity index (χ1v) is 8.01. The van der Waals surface area contributed by atoms with E-state index in [2.05, 4.69) is 53.9 Å². The molecule has 0 spiro atoms. The van der Waals surface area contributed by atoms with Crippen LogP contribution in [0.2, 0.25) is 0 Å². The summed E-state index contributed by atoms with van der Waals surface area (Å²) in [5.74, 6) is 1.04. The minimum Gasteiger partial charge on any atom is -0.344 e. The van der Waals surface area contributed by atoms with Crippen LogP contribution in [0.3, 0.4) is 0 Å². The number of hydrogen-bond acceptors (Lipinski definition) is 4. The molecule has 4 nitrogen and oxygen atoms in total. The van der Waals surface area contributed by atoms with Crippen molar-refractivity contribution in [2.75, 3.05) is 11.9 Å². The van der Waals surface area contributed by atoms with Gasteiger partial charge in [0.1, 0.15) is 5.82 Å². The van der Waals surface area contributed by atoms with Crippen LogP contribution in [0, 0.1) is 0 Å². The van der Waals surface area contributed by atoms with Crippen molar-refractivity contribution in [3.05, 3.63) is 54.4 Å². The SMILES string of the molecule is CN(Cc1nc2ccccc2n1C)c1nc2ccccc2s1. The van der Waals surface area contributed by atoms with E-state index in [1.165, 1.54) is 4.70 Å². The molecular weight excluding hydrogens is 292 g/mol. The molecule has 0 saturated carbocycles. The fraction of sp³-hybridized carbons (Fsp3) is 0.176. The number of rotatable bonds is 3. The van der Waals surface area contributed by atoms with E-state index in [9.17, 15) is 0 Å². The van der Waals surface area contributed by atoms with Crippen LogP contribution in [0.25, 0.3) is 21.3 Å². The Balaban J connectivity index is 1.67. The molecule has 5 heteroatoms. The van der Waals surface area contributed by atoms with Gasteiger partial charge >= 0.3 is 0 Å². The van der Waals surface area contributed by atoms with Gasteiger partial charge in [0.05, 0.1) is 27.8 Å². The number of imidazole rings is 1. The molecule has 0 aliphatic carbocycles. The summed E-state index contributed by atoms with van der Waals surface area (Å²) in [6, 6.07) is 16.5. The standard InChI is InChI=1S/C17H16N4S/c1-20(17-19-13-8-4-6-10-15(13)22-17)11-16-18-12-7-3-5-9-14(12)21(16)2/h3-10H,11H2,1-2H3. The van der Waals surface area contributed by atoms with Gasteiger partial charge < -0.3 is 9.47 Å². The maximum atomic E-state index is 4.73. The lowest BCUT2D eigenvalue weighted by atomic mass is 10.3. The number of para-hydroxylation sites is 3. The van der Waals surface area contributed by atoms with E-state index in [1.54, 1.807) is 11.3 Å². The Kier molecular flexibility index (Phi) is 3.08. The first-order chi connectivity index (χ1) is 10.7. The minimum absolute atomic E-state index is 0.741. The quantitative estimate of drug-likeness (QED) is 0.577. The summed E-state index contributed by atoms with van der Waals surface area (Å²) in [5, 5.41) is 1.02. The molecule has 22 heavy (non-hydrogen) atoms. The lowest BCUT2D eigenvalue weighted by Crippen LogP contribution is -2.18. The minimum atomic E-state index is 0.741. The third-order valence-electron chi connectivity index (χ3n) is 3.87. The molecule has 0 saturated heterocycles. The first-order valence-electron chi connectivity index (χ1n) is 7.19. The molecule has 0 aliphatic heterocycles. The monoisotopic (exact) mass is 308 g/mol. The third-order valence-corrected chi connectivity index (χ3v) is 5.02. The van der Waals surface area contributed by atoms with Crippen LogP contribution in [0.4, 0.5) is 5.13 Å². The molecule has 2 aromatic carbocycles. The maximum absolute atomic E-state index is 4.73. The summed E-state index contributed by atoms with van der Waals surface area (Å²) >= 11 is 1.72. The molecule has 4 rings (SSSR count). The average molecular weight is 308 g/mol. The van der Waals surface area contributed by atoms with Crippen LogP contribution in [0.15, 0.2) is 48.5 Å². The molecule has 0 bridgehead atoms. The van der Waals surface area contributed by atoms with Crippen molar-refractivity contribution in [2.24, 2.45) is 7.05 Å². The highest BCUT2D eigenvalue weighted by atomic mass is 32.1. The van der Waals surface area contributed by atoms with Gasteiger partial charge in [-0.25, -0.2) is 9.97 Å². The third kappa shape index (κ3) is 2.14. The zero-order valence-electron chi connectivity index (χ0n) is 12.5. The predicted molar refractivity (Wildman–Crippen MR) is 92.4 cm³/mol. The molecule has 0 radical (unpaired) electrons. The van der Waals surface area contributed by atoms with Gasteiger partial charge in [0.25, 0.3) is 0 Å². The van der Waals surface area contributed by atoms with Gasteiger partial charge in [-0.15, -0.1) is 0 Å². The fourth-order valence-corrected chi connectivity index (χ4v) is 3.57. The van der Waals surface area contributed by atoms with Gasteiger partial charge in [0.15, 0.2) is 5.13 Å². The second kappa shape index (κ2) is 5.10. The van der Waals surface area contributed by atoms with Crippen molar-refractivity contribution in [1.82, 2.24) is 14.5 Å². The maximum Gasteiger partial charge on any atom is 0.186 e. The predicted octanol–water partition coefficient (Wildman–Crippen LogP) is 3.82. The van der Waals surface area contributed by atoms with Crippen molar-refractivity contribution in [3.63, 3.8) is 0 Å². The number of thiazole rings is 1. The van der Waals surface area contributed by atoms with Gasteiger partial charge in [-0.05, 0) is 24.3 Å². The van der Waals surface area contributed by atoms with E-state index < -0.39 is 0 Å². The summed E-state index contributed by atoms with van der Waals surface area (Å²) in [5.41, 5.74) is 3.26. The molecule has 0 atom stereocenters. The number of anilines is 1. The van der Waals surface area contributed by atoms with Gasteiger partial charge in [-0.1, -0.05) is 35.6 Å². The number of fused-ring (bicyclic) bond motifs is 2. The lowest BCUT2D eigenvalue weighted by Gasteiger charge is -2.15. The van der Waals surface area contributed by atoms with Crippen molar-refractivity contribution < 1.29 is 0 Å². The Bertz CT molecular complexity index is 921. The van der Waals surface area contributed by atoms with Crippen molar-refractivity contribution in [3.8, 4) is 0 Å². The number of nitrogens with zero attached hydrogens (tertiary/aromatic N) is 4. The van der Waals surface area contributed by atoms with Crippen LogP contribution < -0.4 is 4.90 Å². The van der Waals surface area contributed by atoms with E-state index in [0.29, 0.717) is 0 Å². The second-order valence-electron chi connectivity index (χ2n) is 5.40. The number of aryl methyl sites for hydroxylation is 1. The van der Waals surface area contributed by atoms with E-state index in [4.69, 9.17) is 9.97 Å². The van der Waals surface area contributed by atoms with Crippen molar-refractivity contribution in [1.29, 1.82) is 0 Å². The van der Waals surface area contributed by atoms with Crippen molar-refractivity contribution in [2.45, 2.75) is 6.54 Å². The second-order valence-corrected chi connectivity index (χ2v) is 6.41. The zero-order chi connectivity index (χ0) is 15.1. The molecule has 0 fully saturated rings. The zero-order valence-corrected chi connectivity index (χ0v) is 13.3. The van der Waals surface area contributed by atoms with Gasteiger partial charge in [-0.3, -0.25) is 0 Å². The largest absolute Gasteiger partial charge is 0.344 e. The van der Waals surface area contributed by atoms with Gasteiger partial charge in [0.2, 0.25) is 0 Å².